The highest BCUT2D eigenvalue weighted by molar-refractivity contribution is 6.05. The maximum absolute atomic E-state index is 13.6. The average molecular weight is 829 g/mol. The number of methoxy groups -OCH3 is 4. The van der Waals surface area contributed by atoms with Gasteiger partial charge in [0.2, 0.25) is 0 Å². The van der Waals surface area contributed by atoms with Gasteiger partial charge in [0, 0.05) is 0 Å². The van der Waals surface area contributed by atoms with Gasteiger partial charge in [-0.15, -0.1) is 0 Å². The van der Waals surface area contributed by atoms with Crippen molar-refractivity contribution in [2.75, 3.05) is 68.1 Å². The molecule has 0 saturated carbocycles. The van der Waals surface area contributed by atoms with Crippen molar-refractivity contribution in [3.63, 3.8) is 0 Å². The van der Waals surface area contributed by atoms with Gasteiger partial charge in [-0.2, -0.15) is 0 Å². The summed E-state index contributed by atoms with van der Waals surface area (Å²) in [5, 5.41) is 0. The molecule has 0 unspecified atom stereocenters. The summed E-state index contributed by atoms with van der Waals surface area (Å²) in [6, 6.07) is 22.7. The van der Waals surface area contributed by atoms with Crippen LogP contribution in [0.3, 0.4) is 0 Å². The minimum absolute atomic E-state index is 0.0355. The van der Waals surface area contributed by atoms with Crippen LogP contribution in [0, 0.1) is 5.41 Å². The van der Waals surface area contributed by atoms with Gasteiger partial charge >= 0.3 is 47.8 Å². The topological polar surface area (TPSA) is 220 Å². The van der Waals surface area contributed by atoms with Crippen LogP contribution in [0.2, 0.25) is 0 Å². The molecule has 0 radical (unpaired) electrons. The molecule has 0 bridgehead atoms. The summed E-state index contributed by atoms with van der Waals surface area (Å²) in [5.74, 6) is -7.22. The molecule has 0 N–H and O–H groups in total. The van der Waals surface area contributed by atoms with E-state index < -0.39 is 79.6 Å². The molecule has 0 fully saturated rings. The van der Waals surface area contributed by atoms with Crippen LogP contribution < -0.4 is 0 Å². The Morgan fingerprint density at radius 2 is 0.567 bits per heavy atom. The molecule has 0 aliphatic carbocycles. The molecule has 17 nitrogen and oxygen atoms in total. The standard InChI is InChI=1S/C43H40O17/c1-52-35(44)27-13-5-9-17-31(27)39(48)57-22-21-56-23-43(24-58-40(49)32-18-10-6-14-28(32)36(45)53-2,25-59-41(50)33-19-11-7-15-29(33)37(46)54-3)26-60-42(51)34-20-12-8-16-30(34)38(47)55-4/h5-20H,21-26H2,1-4H3. The Balaban J connectivity index is 1.67. The Morgan fingerprint density at radius 1 is 0.333 bits per heavy atom. The van der Waals surface area contributed by atoms with Gasteiger partial charge in [-0.05, 0) is 48.5 Å². The van der Waals surface area contributed by atoms with E-state index >= 15 is 0 Å². The molecule has 0 aliphatic rings. The molecule has 60 heavy (non-hydrogen) atoms. The second-order valence-corrected chi connectivity index (χ2v) is 12.6. The summed E-state index contributed by atoms with van der Waals surface area (Å²) >= 11 is 0. The molecule has 0 spiro atoms. The third-order valence-corrected chi connectivity index (χ3v) is 8.61. The number of carbonyl (C=O) groups is 8. The number of ether oxygens (including phenoxy) is 9. The number of rotatable bonds is 19. The van der Waals surface area contributed by atoms with Crippen LogP contribution in [-0.2, 0) is 42.6 Å². The van der Waals surface area contributed by atoms with Gasteiger partial charge in [0.15, 0.2) is 0 Å². The van der Waals surface area contributed by atoms with Crippen LogP contribution in [-0.4, -0.2) is 116 Å². The van der Waals surface area contributed by atoms with E-state index in [1.54, 1.807) is 0 Å². The molecular weight excluding hydrogens is 788 g/mol. The van der Waals surface area contributed by atoms with Crippen LogP contribution in [0.5, 0.6) is 0 Å². The van der Waals surface area contributed by atoms with Crippen molar-refractivity contribution in [2.24, 2.45) is 5.41 Å². The first-order valence-corrected chi connectivity index (χ1v) is 17.9. The summed E-state index contributed by atoms with van der Waals surface area (Å²) in [5.41, 5.74) is -2.83. The van der Waals surface area contributed by atoms with Gasteiger partial charge in [-0.3, -0.25) is 0 Å². The molecular formula is C43H40O17. The molecule has 0 aliphatic heterocycles. The van der Waals surface area contributed by atoms with Crippen molar-refractivity contribution in [1.82, 2.24) is 0 Å². The van der Waals surface area contributed by atoms with E-state index in [1.165, 1.54) is 97.1 Å². The highest BCUT2D eigenvalue weighted by Gasteiger charge is 2.38. The van der Waals surface area contributed by atoms with Crippen LogP contribution in [0.4, 0.5) is 0 Å². The largest absolute Gasteiger partial charge is 0.465 e. The lowest BCUT2D eigenvalue weighted by molar-refractivity contribution is -0.0792. The Labute approximate surface area is 343 Å². The maximum atomic E-state index is 13.6. The zero-order chi connectivity index (χ0) is 43.7. The molecule has 17 heteroatoms. The predicted octanol–water partition coefficient (Wildman–Crippen LogP) is 4.56. The Morgan fingerprint density at radius 3 is 0.817 bits per heavy atom. The van der Waals surface area contributed by atoms with Crippen molar-refractivity contribution in [3.05, 3.63) is 142 Å². The quantitative estimate of drug-likeness (QED) is 0.0718. The van der Waals surface area contributed by atoms with Gasteiger partial charge in [0.1, 0.15) is 26.4 Å². The van der Waals surface area contributed by atoms with E-state index in [-0.39, 0.29) is 57.7 Å². The smallest absolute Gasteiger partial charge is 0.339 e. The number of benzene rings is 4. The van der Waals surface area contributed by atoms with Crippen LogP contribution >= 0.6 is 0 Å². The zero-order valence-electron chi connectivity index (χ0n) is 32.9. The molecule has 0 atom stereocenters. The monoisotopic (exact) mass is 828 g/mol. The number of esters is 8. The van der Waals surface area contributed by atoms with Gasteiger partial charge in [-0.25, -0.2) is 38.4 Å². The second kappa shape index (κ2) is 21.9. The van der Waals surface area contributed by atoms with E-state index in [9.17, 15) is 38.4 Å². The molecule has 4 aromatic rings. The minimum Gasteiger partial charge on any atom is -0.465 e. The van der Waals surface area contributed by atoms with E-state index in [0.29, 0.717) is 0 Å². The molecule has 4 aromatic carbocycles. The average Bonchev–Trinajstić information content (AvgIpc) is 3.30. The lowest BCUT2D eigenvalue weighted by atomic mass is 9.91. The SMILES string of the molecule is COC(=O)c1ccccc1C(=O)OCCOCC(COC(=O)c1ccccc1C(=O)OC)(COC(=O)c1ccccc1C(=O)OC)COC(=O)c1ccccc1C(=O)OC. The Bertz CT molecular complexity index is 2040. The van der Waals surface area contributed by atoms with Crippen molar-refractivity contribution >= 4 is 47.8 Å². The lowest BCUT2D eigenvalue weighted by Gasteiger charge is -2.32. The number of carbonyl (C=O) groups excluding carboxylic acids is 8. The van der Waals surface area contributed by atoms with E-state index in [2.05, 4.69) is 0 Å². The number of hydrogen-bond donors (Lipinski definition) is 0. The van der Waals surface area contributed by atoms with Crippen molar-refractivity contribution in [3.8, 4) is 0 Å². The fourth-order valence-electron chi connectivity index (χ4n) is 5.50. The van der Waals surface area contributed by atoms with Gasteiger partial charge in [-0.1, -0.05) is 48.5 Å². The normalized spacial score (nSPS) is 10.7. The van der Waals surface area contributed by atoms with Crippen molar-refractivity contribution in [2.45, 2.75) is 0 Å². The first-order valence-electron chi connectivity index (χ1n) is 17.9. The minimum atomic E-state index is -1.77. The van der Waals surface area contributed by atoms with Crippen molar-refractivity contribution in [1.29, 1.82) is 0 Å². The first-order chi connectivity index (χ1) is 28.9. The van der Waals surface area contributed by atoms with Gasteiger partial charge in [0.05, 0.1) is 91.6 Å². The van der Waals surface area contributed by atoms with E-state index in [0.717, 1.165) is 28.4 Å². The van der Waals surface area contributed by atoms with Crippen LogP contribution in [0.15, 0.2) is 97.1 Å². The summed E-state index contributed by atoms with van der Waals surface area (Å²) in [6.07, 6.45) is 0. The summed E-state index contributed by atoms with van der Waals surface area (Å²) in [4.78, 5) is 103. The van der Waals surface area contributed by atoms with Gasteiger partial charge < -0.3 is 42.6 Å². The highest BCUT2D eigenvalue weighted by atomic mass is 16.6. The fraction of sp³-hybridized carbons (Fsp3) is 0.256. The fourth-order valence-corrected chi connectivity index (χ4v) is 5.50. The highest BCUT2D eigenvalue weighted by Crippen LogP contribution is 2.25. The van der Waals surface area contributed by atoms with Crippen molar-refractivity contribution < 1.29 is 81.0 Å². The molecule has 0 saturated heterocycles. The van der Waals surface area contributed by atoms with E-state index in [1.807, 2.05) is 0 Å². The Kier molecular flexibility index (Phi) is 16.6. The summed E-state index contributed by atoms with van der Waals surface area (Å²) in [7, 11) is 4.54. The third-order valence-electron chi connectivity index (χ3n) is 8.61. The Hall–Kier alpha value is -7.40. The maximum Gasteiger partial charge on any atom is 0.339 e. The molecule has 314 valence electrons. The van der Waals surface area contributed by atoms with Gasteiger partial charge in [0.25, 0.3) is 0 Å². The zero-order valence-corrected chi connectivity index (χ0v) is 32.9. The van der Waals surface area contributed by atoms with E-state index in [4.69, 9.17) is 42.6 Å². The second-order valence-electron chi connectivity index (χ2n) is 12.6. The molecule has 0 amide bonds. The lowest BCUT2D eigenvalue weighted by Crippen LogP contribution is -2.44. The molecule has 0 heterocycles. The molecule has 4 rings (SSSR count). The molecule has 0 aromatic heterocycles. The van der Waals surface area contributed by atoms with Crippen LogP contribution in [0.25, 0.3) is 0 Å². The number of hydrogen-bond acceptors (Lipinski definition) is 17. The predicted molar refractivity (Wildman–Crippen MR) is 206 cm³/mol. The summed E-state index contributed by atoms with van der Waals surface area (Å²) < 4.78 is 47.3. The summed E-state index contributed by atoms with van der Waals surface area (Å²) in [6.45, 7) is -3.34. The van der Waals surface area contributed by atoms with Crippen LogP contribution in [0.1, 0.15) is 82.9 Å². The first kappa shape index (κ1) is 45.3. The third kappa shape index (κ3) is 11.6.